The molecule has 2 fully saturated rings. The number of piperidine rings is 1. The van der Waals surface area contributed by atoms with Gasteiger partial charge < -0.3 is 56.7 Å². The van der Waals surface area contributed by atoms with E-state index in [1.54, 1.807) is 90.7 Å². The number of aliphatic hydroxyl groups excluding tert-OH is 1. The van der Waals surface area contributed by atoms with Crippen LogP contribution >= 0.6 is 0 Å². The van der Waals surface area contributed by atoms with Gasteiger partial charge >= 0.3 is 5.97 Å². The molecule has 8 amide bonds. The van der Waals surface area contributed by atoms with Crippen LogP contribution in [0.25, 0.3) is 0 Å². The molecule has 8 N–H and O–H groups in total. The van der Waals surface area contributed by atoms with Crippen molar-refractivity contribution in [2.24, 2.45) is 36.5 Å². The Labute approximate surface area is 427 Å². The SMILES string of the molecule is CC[C@@H](C)[C@H]1C(=O)N(C)[C@@H](Cc2ccc(OCc3ccn(C)n3)cc2)C(=O)N[C@H]([C@H](C)CC)C(=O)O[C@H](C)[C@H](NC(=O)[C@H](CCC(N)=O)NC(=O)C(C)C)C(=O)N[C@@H](CC(C)C)C(=O)N[C@H]2CC[C@@H](O)N1C2=O. The number of hydrogen-bond acceptors (Lipinski definition) is 13. The summed E-state index contributed by atoms with van der Waals surface area (Å²) >= 11 is 0. The number of ether oxygens (including phenoxy) is 2. The molecule has 2 bridgehead atoms. The zero-order valence-electron chi connectivity index (χ0n) is 44.1. The van der Waals surface area contributed by atoms with Crippen LogP contribution in [0.2, 0.25) is 0 Å². The largest absolute Gasteiger partial charge is 0.487 e. The molecule has 4 rings (SSSR count). The van der Waals surface area contributed by atoms with Crippen molar-refractivity contribution in [3.8, 4) is 5.75 Å². The molecular formula is C51H78N10O12. The Morgan fingerprint density at radius 2 is 1.52 bits per heavy atom. The molecule has 0 saturated carbocycles. The minimum atomic E-state index is -1.74. The van der Waals surface area contributed by atoms with Gasteiger partial charge in [-0.2, -0.15) is 5.10 Å². The quantitative estimate of drug-likeness (QED) is 0.103. The molecule has 1 aromatic heterocycles. The Bertz CT molecular complexity index is 2270. The topological polar surface area (TPSA) is 303 Å². The fourth-order valence-corrected chi connectivity index (χ4v) is 8.66. The van der Waals surface area contributed by atoms with Crippen molar-refractivity contribution in [3.63, 3.8) is 0 Å². The zero-order chi connectivity index (χ0) is 54.4. The molecule has 2 aromatic rings. The van der Waals surface area contributed by atoms with Crippen LogP contribution in [0.1, 0.15) is 119 Å². The predicted molar refractivity (Wildman–Crippen MR) is 267 cm³/mol. The molecule has 22 nitrogen and oxygen atoms in total. The number of nitrogens with two attached hydrogens (primary N) is 1. The van der Waals surface area contributed by atoms with Gasteiger partial charge in [-0.15, -0.1) is 0 Å². The van der Waals surface area contributed by atoms with Gasteiger partial charge in [-0.25, -0.2) is 4.79 Å². The smallest absolute Gasteiger partial charge is 0.329 e. The van der Waals surface area contributed by atoms with Crippen LogP contribution in [0.15, 0.2) is 36.5 Å². The van der Waals surface area contributed by atoms with Gasteiger partial charge in [0.25, 0.3) is 0 Å². The Balaban J connectivity index is 1.85. The fourth-order valence-electron chi connectivity index (χ4n) is 8.66. The van der Waals surface area contributed by atoms with Crippen LogP contribution in [-0.2, 0) is 68.0 Å². The first kappa shape index (κ1) is 59.0. The highest BCUT2D eigenvalue weighted by atomic mass is 16.5. The van der Waals surface area contributed by atoms with Crippen molar-refractivity contribution in [2.45, 2.75) is 175 Å². The standard InChI is InChI=1S/C51H78N10O12/c1-12-29(7)41-51(71)73-31(9)42(57-45(65)35(18-20-39(52)62)53-44(64)28(5)6)48(68)55-37(24-27(3)4)46(66)54-36-19-21-40(63)61(49(36)69)43(30(8)13-2)50(70)60(11)38(47(67)56-41)25-32-14-16-34(17-15-32)72-26-33-22-23-59(10)58-33/h14-17,22-23,27-31,35-38,40-43,63H,12-13,18-21,24-26H2,1-11H3,(H2,52,62)(H,53,64)(H,54,66)(H,55,68)(H,56,67)(H,57,65)/t29-,30-,31-,35+,36+,37+,38+,40-,41-,42+,43+/m1/s1. The summed E-state index contributed by atoms with van der Waals surface area (Å²) in [6, 6.07) is -1.06. The van der Waals surface area contributed by atoms with Gasteiger partial charge in [0.1, 0.15) is 67.0 Å². The number of nitrogens with one attached hydrogen (secondary N) is 5. The van der Waals surface area contributed by atoms with Gasteiger partial charge in [-0.3, -0.25) is 43.0 Å². The summed E-state index contributed by atoms with van der Waals surface area (Å²) in [4.78, 5) is 129. The number of hydrogen-bond donors (Lipinski definition) is 7. The molecular weight excluding hydrogens is 945 g/mol. The fraction of sp³-hybridized carbons (Fsp3) is 0.647. The maximum atomic E-state index is 15.1. The third-order valence-electron chi connectivity index (χ3n) is 13.6. The van der Waals surface area contributed by atoms with E-state index in [0.717, 1.165) is 4.90 Å². The number of carbonyl (C=O) groups is 9. The molecule has 22 heteroatoms. The molecule has 11 atom stereocenters. The van der Waals surface area contributed by atoms with Crippen molar-refractivity contribution in [3.05, 3.63) is 47.8 Å². The van der Waals surface area contributed by atoms with E-state index < -0.39 is 126 Å². The number of likely N-dealkylation sites (N-methyl/N-ethyl adjacent to an activating group) is 1. The van der Waals surface area contributed by atoms with E-state index in [4.69, 9.17) is 15.2 Å². The number of cyclic esters (lactones) is 1. The molecule has 1 aromatic carbocycles. The molecule has 3 heterocycles. The summed E-state index contributed by atoms with van der Waals surface area (Å²) in [6.45, 7) is 15.3. The molecule has 0 radical (unpaired) electrons. The van der Waals surface area contributed by atoms with Gasteiger partial charge in [0, 0.05) is 39.1 Å². The van der Waals surface area contributed by atoms with Gasteiger partial charge in [-0.05, 0) is 74.1 Å². The first-order chi connectivity index (χ1) is 34.4. The first-order valence-corrected chi connectivity index (χ1v) is 25.3. The minimum Gasteiger partial charge on any atom is -0.487 e. The Hall–Kier alpha value is -6.58. The van der Waals surface area contributed by atoms with E-state index >= 15 is 4.79 Å². The summed E-state index contributed by atoms with van der Waals surface area (Å²) in [6.07, 6.45) is -1.13. The van der Waals surface area contributed by atoms with Crippen molar-refractivity contribution >= 4 is 53.2 Å². The van der Waals surface area contributed by atoms with E-state index in [2.05, 4.69) is 31.7 Å². The van der Waals surface area contributed by atoms with Crippen LogP contribution in [0.5, 0.6) is 5.75 Å². The summed E-state index contributed by atoms with van der Waals surface area (Å²) in [7, 11) is 3.21. The summed E-state index contributed by atoms with van der Waals surface area (Å²) in [5.74, 6) is -8.66. The molecule has 0 unspecified atom stereocenters. The number of benzene rings is 1. The second-order valence-electron chi connectivity index (χ2n) is 20.2. The van der Waals surface area contributed by atoms with Gasteiger partial charge in [0.15, 0.2) is 0 Å². The number of aryl methyl sites for hydroxylation is 1. The predicted octanol–water partition coefficient (Wildman–Crippen LogP) is 1.11. The van der Waals surface area contributed by atoms with Crippen molar-refractivity contribution in [1.82, 2.24) is 46.2 Å². The number of aliphatic hydroxyl groups is 1. The van der Waals surface area contributed by atoms with Crippen LogP contribution < -0.4 is 37.1 Å². The van der Waals surface area contributed by atoms with Crippen LogP contribution in [0.4, 0.5) is 0 Å². The third kappa shape index (κ3) is 16.2. The molecule has 404 valence electrons. The number of primary amides is 1. The highest BCUT2D eigenvalue weighted by molar-refractivity contribution is 5.98. The summed E-state index contributed by atoms with van der Waals surface area (Å²) in [5.41, 5.74) is 6.70. The molecule has 2 aliphatic rings. The summed E-state index contributed by atoms with van der Waals surface area (Å²) < 4.78 is 13.6. The highest BCUT2D eigenvalue weighted by Gasteiger charge is 2.47. The van der Waals surface area contributed by atoms with Gasteiger partial charge in [0.2, 0.25) is 47.3 Å². The number of amides is 8. The average Bonchev–Trinajstić information content (AvgIpc) is 3.77. The van der Waals surface area contributed by atoms with Crippen molar-refractivity contribution in [2.75, 3.05) is 7.05 Å². The monoisotopic (exact) mass is 1020 g/mol. The lowest BCUT2D eigenvalue weighted by Gasteiger charge is -2.44. The van der Waals surface area contributed by atoms with Crippen molar-refractivity contribution < 1.29 is 57.7 Å². The second kappa shape index (κ2) is 26.9. The maximum absolute atomic E-state index is 15.1. The zero-order valence-corrected chi connectivity index (χ0v) is 44.1. The second-order valence-corrected chi connectivity index (χ2v) is 20.2. The van der Waals surface area contributed by atoms with E-state index in [9.17, 15) is 43.5 Å². The average molecular weight is 1020 g/mol. The lowest BCUT2D eigenvalue weighted by molar-refractivity contribution is -0.168. The molecule has 2 saturated heterocycles. The Kier molecular flexibility index (Phi) is 21.8. The molecule has 73 heavy (non-hydrogen) atoms. The number of carbonyl (C=O) groups excluding carboxylic acids is 9. The van der Waals surface area contributed by atoms with E-state index in [0.29, 0.717) is 29.8 Å². The van der Waals surface area contributed by atoms with Gasteiger partial charge in [-0.1, -0.05) is 80.4 Å². The molecule has 0 aliphatic carbocycles. The number of aromatic nitrogens is 2. The maximum Gasteiger partial charge on any atom is 0.329 e. The van der Waals surface area contributed by atoms with Crippen molar-refractivity contribution in [1.29, 1.82) is 0 Å². The van der Waals surface area contributed by atoms with Crippen LogP contribution in [0, 0.1) is 23.7 Å². The molecule has 2 aliphatic heterocycles. The first-order valence-electron chi connectivity index (χ1n) is 25.3. The number of esters is 1. The van der Waals surface area contributed by atoms with Crippen LogP contribution in [0.3, 0.4) is 0 Å². The molecule has 0 spiro atoms. The minimum absolute atomic E-state index is 0.0219. The van der Waals surface area contributed by atoms with E-state index in [1.807, 2.05) is 13.0 Å². The normalized spacial score (nSPS) is 25.0. The van der Waals surface area contributed by atoms with Gasteiger partial charge in [0.05, 0.1) is 5.69 Å². The lowest BCUT2D eigenvalue weighted by atomic mass is 9.91. The van der Waals surface area contributed by atoms with E-state index in [1.165, 1.54) is 18.9 Å². The third-order valence-corrected chi connectivity index (χ3v) is 13.6. The summed E-state index contributed by atoms with van der Waals surface area (Å²) in [5, 5.41) is 29.3. The lowest BCUT2D eigenvalue weighted by Crippen LogP contribution is -2.66. The number of nitrogens with zero attached hydrogens (tertiary/aromatic N) is 4. The Morgan fingerprint density at radius 3 is 2.10 bits per heavy atom. The number of fused-ring (bicyclic) bond motifs is 2. The number of rotatable bonds is 18. The van der Waals surface area contributed by atoms with E-state index in [-0.39, 0.29) is 51.0 Å². The highest BCUT2D eigenvalue weighted by Crippen LogP contribution is 2.28. The Morgan fingerprint density at radius 1 is 0.863 bits per heavy atom. The van der Waals surface area contributed by atoms with Crippen LogP contribution in [-0.4, -0.2) is 140 Å².